The van der Waals surface area contributed by atoms with Crippen LogP contribution in [0.1, 0.15) is 35.1 Å². The molecule has 0 aromatic carbocycles. The number of nitrogen functional groups attached to an aromatic ring is 1. The summed E-state index contributed by atoms with van der Waals surface area (Å²) in [4.78, 5) is 17.9. The number of nitrogens with one attached hydrogen (secondary N) is 1. The van der Waals surface area contributed by atoms with Gasteiger partial charge in [0.15, 0.2) is 0 Å². The van der Waals surface area contributed by atoms with E-state index in [1.54, 1.807) is 11.3 Å². The Bertz CT molecular complexity index is 517. The second-order valence-corrected chi connectivity index (χ2v) is 5.79. The summed E-state index contributed by atoms with van der Waals surface area (Å²) < 4.78 is 0. The SMILES string of the molecule is CC(C)c1nc(-c2cccs2)sc1C(=O)NN. The van der Waals surface area contributed by atoms with Crippen molar-refractivity contribution in [1.82, 2.24) is 10.4 Å². The van der Waals surface area contributed by atoms with E-state index >= 15 is 0 Å². The molecule has 2 rings (SSSR count). The van der Waals surface area contributed by atoms with Crippen LogP contribution < -0.4 is 11.3 Å². The number of aromatic nitrogens is 1. The van der Waals surface area contributed by atoms with Crippen molar-refractivity contribution in [3.63, 3.8) is 0 Å². The van der Waals surface area contributed by atoms with Crippen LogP contribution in [0.25, 0.3) is 9.88 Å². The Hall–Kier alpha value is -1.24. The van der Waals surface area contributed by atoms with Gasteiger partial charge < -0.3 is 0 Å². The molecule has 6 heteroatoms. The van der Waals surface area contributed by atoms with Gasteiger partial charge in [0, 0.05) is 0 Å². The number of carbonyl (C=O) groups excluding carboxylic acids is 1. The minimum absolute atomic E-state index is 0.201. The highest BCUT2D eigenvalue weighted by atomic mass is 32.1. The Morgan fingerprint density at radius 3 is 2.82 bits per heavy atom. The fourth-order valence-electron chi connectivity index (χ4n) is 1.46. The zero-order valence-corrected chi connectivity index (χ0v) is 11.2. The fraction of sp³-hybridized carbons (Fsp3) is 0.273. The highest BCUT2D eigenvalue weighted by molar-refractivity contribution is 7.22. The van der Waals surface area contributed by atoms with E-state index in [4.69, 9.17) is 5.84 Å². The minimum atomic E-state index is -0.269. The van der Waals surface area contributed by atoms with Crippen molar-refractivity contribution in [1.29, 1.82) is 0 Å². The molecule has 0 aliphatic carbocycles. The molecule has 0 spiro atoms. The Labute approximate surface area is 107 Å². The zero-order chi connectivity index (χ0) is 12.4. The molecular formula is C11H13N3OS2. The summed E-state index contributed by atoms with van der Waals surface area (Å²) in [5, 5.41) is 2.87. The van der Waals surface area contributed by atoms with Gasteiger partial charge in [0.2, 0.25) is 0 Å². The Morgan fingerprint density at radius 2 is 2.29 bits per heavy atom. The standard InChI is InChI=1S/C11H13N3OS2/c1-6(2)8-9(10(15)14-12)17-11(13-8)7-4-3-5-16-7/h3-6H,12H2,1-2H3,(H,14,15). The Balaban J connectivity index is 2.48. The van der Waals surface area contributed by atoms with Crippen LogP contribution in [0.4, 0.5) is 0 Å². The molecule has 1 amide bonds. The third-order valence-electron chi connectivity index (χ3n) is 2.27. The van der Waals surface area contributed by atoms with Gasteiger partial charge in [-0.15, -0.1) is 22.7 Å². The van der Waals surface area contributed by atoms with E-state index in [9.17, 15) is 4.79 Å². The van der Waals surface area contributed by atoms with Crippen LogP contribution in [-0.2, 0) is 0 Å². The molecule has 3 N–H and O–H groups in total. The number of thiophene rings is 1. The van der Waals surface area contributed by atoms with Crippen LogP contribution in [0.15, 0.2) is 17.5 Å². The first-order chi connectivity index (χ1) is 8.13. The molecule has 0 unspecified atom stereocenters. The van der Waals surface area contributed by atoms with E-state index in [1.165, 1.54) is 11.3 Å². The van der Waals surface area contributed by atoms with E-state index in [-0.39, 0.29) is 11.8 Å². The van der Waals surface area contributed by atoms with Gasteiger partial charge in [-0.25, -0.2) is 10.8 Å². The predicted octanol–water partition coefficient (Wildman–Crippen LogP) is 2.60. The summed E-state index contributed by atoms with van der Waals surface area (Å²) in [5.74, 6) is 5.11. The number of hydrogen-bond donors (Lipinski definition) is 2. The summed E-state index contributed by atoms with van der Waals surface area (Å²) in [6, 6.07) is 3.97. The van der Waals surface area contributed by atoms with E-state index in [0.717, 1.165) is 15.6 Å². The normalized spacial score (nSPS) is 10.8. The van der Waals surface area contributed by atoms with E-state index in [1.807, 2.05) is 31.4 Å². The quantitative estimate of drug-likeness (QED) is 0.510. The number of carbonyl (C=O) groups is 1. The molecule has 0 saturated carbocycles. The molecule has 0 radical (unpaired) electrons. The van der Waals surface area contributed by atoms with Gasteiger partial charge in [-0.05, 0) is 17.4 Å². The number of hydrazine groups is 1. The maximum atomic E-state index is 11.7. The smallest absolute Gasteiger partial charge is 0.277 e. The number of amides is 1. The maximum absolute atomic E-state index is 11.7. The summed E-state index contributed by atoms with van der Waals surface area (Å²) in [7, 11) is 0. The van der Waals surface area contributed by atoms with Crippen LogP contribution in [0.2, 0.25) is 0 Å². The molecule has 0 atom stereocenters. The average molecular weight is 267 g/mol. The molecule has 17 heavy (non-hydrogen) atoms. The lowest BCUT2D eigenvalue weighted by atomic mass is 10.1. The van der Waals surface area contributed by atoms with Crippen LogP contribution in [0.3, 0.4) is 0 Å². The lowest BCUT2D eigenvalue weighted by Crippen LogP contribution is -2.30. The maximum Gasteiger partial charge on any atom is 0.277 e. The molecule has 0 fully saturated rings. The van der Waals surface area contributed by atoms with Crippen molar-refractivity contribution >= 4 is 28.6 Å². The van der Waals surface area contributed by atoms with E-state index < -0.39 is 0 Å². The van der Waals surface area contributed by atoms with Crippen LogP contribution in [-0.4, -0.2) is 10.9 Å². The first kappa shape index (κ1) is 12.2. The number of nitrogens with zero attached hydrogens (tertiary/aromatic N) is 1. The van der Waals surface area contributed by atoms with Gasteiger partial charge in [-0.2, -0.15) is 0 Å². The molecule has 0 aliphatic heterocycles. The van der Waals surface area contributed by atoms with Crippen molar-refractivity contribution < 1.29 is 4.79 Å². The van der Waals surface area contributed by atoms with E-state index in [0.29, 0.717) is 4.88 Å². The monoisotopic (exact) mass is 267 g/mol. The Kier molecular flexibility index (Phi) is 3.56. The molecule has 0 aliphatic rings. The van der Waals surface area contributed by atoms with Gasteiger partial charge in [-0.1, -0.05) is 19.9 Å². The topological polar surface area (TPSA) is 68.0 Å². The van der Waals surface area contributed by atoms with Crippen molar-refractivity contribution in [2.45, 2.75) is 19.8 Å². The van der Waals surface area contributed by atoms with Crippen LogP contribution in [0, 0.1) is 0 Å². The van der Waals surface area contributed by atoms with E-state index in [2.05, 4.69) is 10.4 Å². The summed E-state index contributed by atoms with van der Waals surface area (Å²) in [6.07, 6.45) is 0. The predicted molar refractivity (Wildman–Crippen MR) is 71.2 cm³/mol. The number of nitrogens with two attached hydrogens (primary N) is 1. The van der Waals surface area contributed by atoms with Gasteiger partial charge >= 0.3 is 0 Å². The molecule has 2 heterocycles. The molecule has 2 aromatic rings. The summed E-state index contributed by atoms with van der Waals surface area (Å²) >= 11 is 3.00. The third-order valence-corrected chi connectivity index (χ3v) is 4.38. The number of thiazole rings is 1. The van der Waals surface area contributed by atoms with Crippen molar-refractivity contribution in [3.8, 4) is 9.88 Å². The largest absolute Gasteiger partial charge is 0.289 e. The molecule has 0 bridgehead atoms. The Morgan fingerprint density at radius 1 is 1.53 bits per heavy atom. The molecule has 90 valence electrons. The second kappa shape index (κ2) is 4.95. The fourth-order valence-corrected chi connectivity index (χ4v) is 3.38. The first-order valence-corrected chi connectivity index (χ1v) is 6.88. The summed E-state index contributed by atoms with van der Waals surface area (Å²) in [6.45, 7) is 4.03. The molecule has 4 nitrogen and oxygen atoms in total. The average Bonchev–Trinajstić information content (AvgIpc) is 2.95. The van der Waals surface area contributed by atoms with Gasteiger partial charge in [0.05, 0.1) is 10.6 Å². The van der Waals surface area contributed by atoms with Gasteiger partial charge in [0.1, 0.15) is 9.88 Å². The minimum Gasteiger partial charge on any atom is -0.289 e. The van der Waals surface area contributed by atoms with Crippen molar-refractivity contribution in [2.24, 2.45) is 5.84 Å². The number of rotatable bonds is 3. The second-order valence-electron chi connectivity index (χ2n) is 3.84. The van der Waals surface area contributed by atoms with Crippen LogP contribution in [0.5, 0.6) is 0 Å². The highest BCUT2D eigenvalue weighted by Crippen LogP contribution is 2.33. The lowest BCUT2D eigenvalue weighted by Gasteiger charge is -2.02. The first-order valence-electron chi connectivity index (χ1n) is 5.19. The van der Waals surface area contributed by atoms with Crippen molar-refractivity contribution in [2.75, 3.05) is 0 Å². The van der Waals surface area contributed by atoms with Crippen LogP contribution >= 0.6 is 22.7 Å². The number of hydrogen-bond acceptors (Lipinski definition) is 5. The zero-order valence-electron chi connectivity index (χ0n) is 9.56. The lowest BCUT2D eigenvalue weighted by molar-refractivity contribution is 0.0956. The highest BCUT2D eigenvalue weighted by Gasteiger charge is 2.20. The van der Waals surface area contributed by atoms with Gasteiger partial charge in [0.25, 0.3) is 5.91 Å². The molecule has 2 aromatic heterocycles. The third kappa shape index (κ3) is 2.38. The molecule has 0 saturated heterocycles. The van der Waals surface area contributed by atoms with Gasteiger partial charge in [-0.3, -0.25) is 10.2 Å². The van der Waals surface area contributed by atoms with Crippen molar-refractivity contribution in [3.05, 3.63) is 28.1 Å². The molecular weight excluding hydrogens is 254 g/mol. The summed E-state index contributed by atoms with van der Waals surface area (Å²) in [5.41, 5.74) is 2.98.